The average molecular weight is 208 g/mol. The van der Waals surface area contributed by atoms with Crippen molar-refractivity contribution in [2.45, 2.75) is 0 Å². The van der Waals surface area contributed by atoms with Crippen molar-refractivity contribution >= 4 is 17.5 Å². The molecule has 0 saturated heterocycles. The Kier molecular flexibility index (Phi) is 2.17. The lowest BCUT2D eigenvalue weighted by molar-refractivity contribution is 0.930. The maximum absolute atomic E-state index is 5.79. The number of hydrogen-bond acceptors (Lipinski definition) is 2. The summed E-state index contributed by atoms with van der Waals surface area (Å²) in [4.78, 5) is 4.21. The number of benzene rings is 1. The van der Waals surface area contributed by atoms with E-state index in [4.69, 9.17) is 17.3 Å². The van der Waals surface area contributed by atoms with Gasteiger partial charge in [-0.15, -0.1) is 0 Å². The van der Waals surface area contributed by atoms with Crippen molar-refractivity contribution < 1.29 is 0 Å². The Balaban J connectivity index is 2.44. The molecular formula is C10H10ClN3. The highest BCUT2D eigenvalue weighted by Gasteiger charge is 2.03. The second-order valence-corrected chi connectivity index (χ2v) is 3.54. The van der Waals surface area contributed by atoms with Crippen molar-refractivity contribution in [2.75, 3.05) is 5.73 Å². The summed E-state index contributed by atoms with van der Waals surface area (Å²) in [5.74, 6) is 0.509. The van der Waals surface area contributed by atoms with E-state index in [0.717, 1.165) is 16.3 Å². The highest BCUT2D eigenvalue weighted by Crippen LogP contribution is 2.20. The fourth-order valence-electron chi connectivity index (χ4n) is 1.24. The third-order valence-electron chi connectivity index (χ3n) is 2.05. The number of rotatable bonds is 1. The maximum Gasteiger partial charge on any atom is 0.200 e. The van der Waals surface area contributed by atoms with Gasteiger partial charge in [0.15, 0.2) is 5.95 Å². The molecule has 0 atom stereocenters. The quantitative estimate of drug-likeness (QED) is 0.780. The monoisotopic (exact) mass is 207 g/mol. The molecule has 72 valence electrons. The Bertz CT molecular complexity index is 425. The van der Waals surface area contributed by atoms with Crippen LogP contribution in [0.4, 0.5) is 5.95 Å². The minimum absolute atomic E-state index is 0.509. The zero-order valence-electron chi connectivity index (χ0n) is 7.74. The zero-order valence-corrected chi connectivity index (χ0v) is 8.49. The number of anilines is 1. The first-order valence-corrected chi connectivity index (χ1v) is 4.59. The lowest BCUT2D eigenvalue weighted by atomic mass is 10.2. The topological polar surface area (TPSA) is 43.8 Å². The zero-order chi connectivity index (χ0) is 10.1. The van der Waals surface area contributed by atoms with Crippen LogP contribution in [0.2, 0.25) is 5.02 Å². The summed E-state index contributed by atoms with van der Waals surface area (Å²) < 4.78 is 1.78. The van der Waals surface area contributed by atoms with Crippen LogP contribution in [-0.4, -0.2) is 9.55 Å². The van der Waals surface area contributed by atoms with Crippen LogP contribution in [0.5, 0.6) is 0 Å². The van der Waals surface area contributed by atoms with Crippen molar-refractivity contribution in [1.82, 2.24) is 9.55 Å². The lowest BCUT2D eigenvalue weighted by Crippen LogP contribution is -1.94. The van der Waals surface area contributed by atoms with Gasteiger partial charge in [-0.25, -0.2) is 4.98 Å². The van der Waals surface area contributed by atoms with Gasteiger partial charge in [0, 0.05) is 23.8 Å². The van der Waals surface area contributed by atoms with Gasteiger partial charge in [0.2, 0.25) is 0 Å². The van der Waals surface area contributed by atoms with Gasteiger partial charge >= 0.3 is 0 Å². The third-order valence-corrected chi connectivity index (χ3v) is 2.30. The van der Waals surface area contributed by atoms with Crippen LogP contribution in [0.1, 0.15) is 0 Å². The Morgan fingerprint density at radius 3 is 2.43 bits per heavy atom. The van der Waals surface area contributed by atoms with Gasteiger partial charge in [-0.2, -0.15) is 0 Å². The molecule has 2 rings (SSSR count). The minimum Gasteiger partial charge on any atom is -0.369 e. The first-order chi connectivity index (χ1) is 6.66. The van der Waals surface area contributed by atoms with Gasteiger partial charge in [0.05, 0.1) is 5.69 Å². The van der Waals surface area contributed by atoms with Crippen LogP contribution < -0.4 is 5.73 Å². The molecule has 0 aliphatic heterocycles. The Morgan fingerprint density at radius 2 is 1.93 bits per heavy atom. The Morgan fingerprint density at radius 1 is 1.29 bits per heavy atom. The summed E-state index contributed by atoms with van der Waals surface area (Å²) in [6.45, 7) is 0. The van der Waals surface area contributed by atoms with E-state index in [2.05, 4.69) is 4.98 Å². The van der Waals surface area contributed by atoms with E-state index in [1.807, 2.05) is 37.5 Å². The van der Waals surface area contributed by atoms with Crippen LogP contribution in [0, 0.1) is 0 Å². The van der Waals surface area contributed by atoms with E-state index in [1.165, 1.54) is 0 Å². The van der Waals surface area contributed by atoms with E-state index < -0.39 is 0 Å². The smallest absolute Gasteiger partial charge is 0.200 e. The predicted molar refractivity (Wildman–Crippen MR) is 58.1 cm³/mol. The number of aryl methyl sites for hydroxylation is 1. The van der Waals surface area contributed by atoms with Crippen molar-refractivity contribution in [1.29, 1.82) is 0 Å². The largest absolute Gasteiger partial charge is 0.369 e. The maximum atomic E-state index is 5.79. The highest BCUT2D eigenvalue weighted by atomic mass is 35.5. The van der Waals surface area contributed by atoms with Crippen LogP contribution in [-0.2, 0) is 7.05 Å². The summed E-state index contributed by atoms with van der Waals surface area (Å²) in [7, 11) is 1.86. The molecule has 0 amide bonds. The van der Waals surface area contributed by atoms with Crippen molar-refractivity contribution in [2.24, 2.45) is 7.05 Å². The number of nitrogen functional groups attached to an aromatic ring is 1. The van der Waals surface area contributed by atoms with E-state index in [9.17, 15) is 0 Å². The molecule has 0 aliphatic carbocycles. The first kappa shape index (κ1) is 9.09. The molecule has 0 fully saturated rings. The molecule has 0 unspecified atom stereocenters. The molecule has 14 heavy (non-hydrogen) atoms. The van der Waals surface area contributed by atoms with E-state index in [0.29, 0.717) is 5.95 Å². The summed E-state index contributed by atoms with van der Waals surface area (Å²) in [5, 5.41) is 0.720. The van der Waals surface area contributed by atoms with Crippen LogP contribution in [0.15, 0.2) is 30.5 Å². The molecule has 0 saturated carbocycles. The van der Waals surface area contributed by atoms with Gasteiger partial charge in [0.25, 0.3) is 0 Å². The summed E-state index contributed by atoms with van der Waals surface area (Å²) >= 11 is 5.79. The van der Waals surface area contributed by atoms with Crippen molar-refractivity contribution in [3.63, 3.8) is 0 Å². The van der Waals surface area contributed by atoms with Gasteiger partial charge in [-0.05, 0) is 12.1 Å². The number of nitrogens with zero attached hydrogens (tertiary/aromatic N) is 2. The molecule has 2 N–H and O–H groups in total. The van der Waals surface area contributed by atoms with E-state index >= 15 is 0 Å². The number of halogens is 1. The molecule has 0 spiro atoms. The number of hydrogen-bond donors (Lipinski definition) is 1. The van der Waals surface area contributed by atoms with Gasteiger partial charge < -0.3 is 10.3 Å². The molecular weight excluding hydrogens is 198 g/mol. The van der Waals surface area contributed by atoms with E-state index in [-0.39, 0.29) is 0 Å². The SMILES string of the molecule is Cn1cc(-c2ccc(Cl)cc2)nc1N. The molecule has 1 aromatic carbocycles. The van der Waals surface area contributed by atoms with Crippen molar-refractivity contribution in [3.05, 3.63) is 35.5 Å². The standard InChI is InChI=1S/C10H10ClN3/c1-14-6-9(13-10(14)12)7-2-4-8(11)5-3-7/h2-6H,1H3,(H2,12,13). The normalized spacial score (nSPS) is 10.4. The molecule has 0 bridgehead atoms. The van der Waals surface area contributed by atoms with Crippen LogP contribution >= 0.6 is 11.6 Å². The molecule has 2 aromatic rings. The number of aromatic nitrogens is 2. The fourth-order valence-corrected chi connectivity index (χ4v) is 1.37. The van der Waals surface area contributed by atoms with Crippen LogP contribution in [0.3, 0.4) is 0 Å². The van der Waals surface area contributed by atoms with Crippen molar-refractivity contribution in [3.8, 4) is 11.3 Å². The predicted octanol–water partition coefficient (Wildman–Crippen LogP) is 2.32. The third kappa shape index (κ3) is 1.59. The fraction of sp³-hybridized carbons (Fsp3) is 0.100. The molecule has 1 heterocycles. The second kappa shape index (κ2) is 3.35. The first-order valence-electron chi connectivity index (χ1n) is 4.21. The summed E-state index contributed by atoms with van der Waals surface area (Å²) in [6.07, 6.45) is 1.89. The minimum atomic E-state index is 0.509. The molecule has 4 heteroatoms. The Hall–Kier alpha value is -1.48. The highest BCUT2D eigenvalue weighted by molar-refractivity contribution is 6.30. The molecule has 0 radical (unpaired) electrons. The number of nitrogens with two attached hydrogens (primary N) is 1. The second-order valence-electron chi connectivity index (χ2n) is 3.10. The van der Waals surface area contributed by atoms with Gasteiger partial charge in [0.1, 0.15) is 0 Å². The van der Waals surface area contributed by atoms with Gasteiger partial charge in [-0.3, -0.25) is 0 Å². The summed E-state index contributed by atoms with van der Waals surface area (Å²) in [5.41, 5.74) is 7.51. The van der Waals surface area contributed by atoms with Crippen LogP contribution in [0.25, 0.3) is 11.3 Å². The number of imidazole rings is 1. The Labute approximate surface area is 87.1 Å². The van der Waals surface area contributed by atoms with Gasteiger partial charge in [-0.1, -0.05) is 23.7 Å². The van der Waals surface area contributed by atoms with E-state index in [1.54, 1.807) is 4.57 Å². The molecule has 1 aromatic heterocycles. The molecule has 0 aliphatic rings. The lowest BCUT2D eigenvalue weighted by Gasteiger charge is -1.95. The summed E-state index contributed by atoms with van der Waals surface area (Å²) in [6, 6.07) is 7.51. The molecule has 3 nitrogen and oxygen atoms in total. The average Bonchev–Trinajstić information content (AvgIpc) is 2.48.